The summed E-state index contributed by atoms with van der Waals surface area (Å²) in [5.74, 6) is 0.994. The Labute approximate surface area is 90.9 Å². The average Bonchev–Trinajstić information content (AvgIpc) is 2.85. The highest BCUT2D eigenvalue weighted by Crippen LogP contribution is 2.08. The second-order valence-corrected chi connectivity index (χ2v) is 3.95. The van der Waals surface area contributed by atoms with Crippen LogP contribution >= 0.6 is 11.5 Å². The minimum absolute atomic E-state index is 0.0769. The van der Waals surface area contributed by atoms with E-state index < -0.39 is 0 Å². The Morgan fingerprint density at radius 2 is 2.47 bits per heavy atom. The van der Waals surface area contributed by atoms with Gasteiger partial charge in [0, 0.05) is 32.3 Å². The van der Waals surface area contributed by atoms with Gasteiger partial charge >= 0.3 is 0 Å². The van der Waals surface area contributed by atoms with Crippen molar-refractivity contribution in [3.05, 3.63) is 29.3 Å². The van der Waals surface area contributed by atoms with Crippen molar-refractivity contribution < 1.29 is 4.79 Å². The number of rotatable bonds is 4. The molecule has 0 radical (unpaired) electrons. The molecule has 0 fully saturated rings. The molecular weight excluding hydrogens is 212 g/mol. The van der Waals surface area contributed by atoms with E-state index in [1.165, 1.54) is 6.20 Å². The average molecular weight is 222 g/mol. The number of aryl methyl sites for hydroxylation is 2. The number of carbonyl (C=O) groups excluding carboxylic acids is 1. The topological polar surface area (TPSA) is 60.7 Å². The Balaban J connectivity index is 1.95. The summed E-state index contributed by atoms with van der Waals surface area (Å²) >= 11 is 1.13. The Bertz CT molecular complexity index is 448. The summed E-state index contributed by atoms with van der Waals surface area (Å²) in [6, 6.07) is 0. The molecule has 0 saturated heterocycles. The van der Waals surface area contributed by atoms with Crippen LogP contribution in [0.4, 0.5) is 0 Å². The molecule has 0 aliphatic rings. The summed E-state index contributed by atoms with van der Waals surface area (Å²) in [4.78, 5) is 16.4. The maximum Gasteiger partial charge on any atom is 0.176 e. The molecule has 6 heteroatoms. The lowest BCUT2D eigenvalue weighted by atomic mass is 10.2. The molecule has 0 aromatic carbocycles. The molecule has 78 valence electrons. The summed E-state index contributed by atoms with van der Waals surface area (Å²) in [5.41, 5.74) is 0. The minimum Gasteiger partial charge on any atom is -0.338 e. The summed E-state index contributed by atoms with van der Waals surface area (Å²) in [6.45, 7) is 0. The number of ketones is 1. The van der Waals surface area contributed by atoms with Gasteiger partial charge in [0.1, 0.15) is 10.7 Å². The molecule has 15 heavy (non-hydrogen) atoms. The third kappa shape index (κ3) is 2.27. The molecule has 2 aromatic heterocycles. The molecule has 0 atom stereocenters. The smallest absolute Gasteiger partial charge is 0.176 e. The molecule has 2 aromatic rings. The number of hydrogen-bond acceptors (Lipinski definition) is 5. The van der Waals surface area contributed by atoms with Gasteiger partial charge in [-0.25, -0.2) is 4.98 Å². The second kappa shape index (κ2) is 4.31. The number of imidazole rings is 1. The molecule has 5 nitrogen and oxygen atoms in total. The molecule has 0 spiro atoms. The Hall–Kier alpha value is -1.56. The fraction of sp³-hybridized carbons (Fsp3) is 0.333. The molecule has 0 N–H and O–H groups in total. The van der Waals surface area contributed by atoms with Crippen molar-refractivity contribution in [3.8, 4) is 0 Å². The minimum atomic E-state index is 0.0769. The monoisotopic (exact) mass is 222 g/mol. The van der Waals surface area contributed by atoms with E-state index in [9.17, 15) is 4.79 Å². The summed E-state index contributed by atoms with van der Waals surface area (Å²) < 4.78 is 5.57. The standard InChI is InChI=1S/C9H10N4OS/c1-13-5-4-10-9(13)3-2-7(14)8-6-11-12-15-8/h4-6H,2-3H2,1H3. The highest BCUT2D eigenvalue weighted by Gasteiger charge is 2.09. The van der Waals surface area contributed by atoms with Gasteiger partial charge in [0.15, 0.2) is 5.78 Å². The van der Waals surface area contributed by atoms with Crippen molar-refractivity contribution >= 4 is 17.3 Å². The number of nitrogens with zero attached hydrogens (tertiary/aromatic N) is 4. The van der Waals surface area contributed by atoms with Gasteiger partial charge in [0.25, 0.3) is 0 Å². The molecule has 0 aliphatic carbocycles. The fourth-order valence-electron chi connectivity index (χ4n) is 1.28. The van der Waals surface area contributed by atoms with Gasteiger partial charge in [0.05, 0.1) is 6.20 Å². The van der Waals surface area contributed by atoms with E-state index in [2.05, 4.69) is 14.6 Å². The number of carbonyl (C=O) groups is 1. The Morgan fingerprint density at radius 3 is 3.07 bits per heavy atom. The van der Waals surface area contributed by atoms with Crippen LogP contribution in [-0.4, -0.2) is 24.9 Å². The van der Waals surface area contributed by atoms with Crippen LogP contribution in [0.2, 0.25) is 0 Å². The van der Waals surface area contributed by atoms with E-state index in [0.717, 1.165) is 17.4 Å². The molecule has 0 bridgehead atoms. The zero-order chi connectivity index (χ0) is 10.7. The van der Waals surface area contributed by atoms with Crippen LogP contribution in [0, 0.1) is 0 Å². The first-order valence-corrected chi connectivity index (χ1v) is 5.31. The van der Waals surface area contributed by atoms with E-state index in [0.29, 0.717) is 17.7 Å². The molecule has 0 saturated carbocycles. The highest BCUT2D eigenvalue weighted by atomic mass is 32.1. The van der Waals surface area contributed by atoms with Gasteiger partial charge < -0.3 is 4.57 Å². The van der Waals surface area contributed by atoms with Crippen molar-refractivity contribution in [1.29, 1.82) is 0 Å². The summed E-state index contributed by atoms with van der Waals surface area (Å²) in [6.07, 6.45) is 6.21. The first kappa shape index (κ1) is 9.97. The third-order valence-electron chi connectivity index (χ3n) is 2.13. The lowest BCUT2D eigenvalue weighted by Gasteiger charge is -1.99. The van der Waals surface area contributed by atoms with Crippen LogP contribution in [0.1, 0.15) is 21.9 Å². The Kier molecular flexibility index (Phi) is 2.86. The quantitative estimate of drug-likeness (QED) is 0.726. The third-order valence-corrected chi connectivity index (χ3v) is 2.84. The van der Waals surface area contributed by atoms with Crippen LogP contribution < -0.4 is 0 Å². The maximum atomic E-state index is 11.6. The van der Waals surface area contributed by atoms with E-state index >= 15 is 0 Å². The van der Waals surface area contributed by atoms with Crippen LogP contribution in [0.15, 0.2) is 18.6 Å². The van der Waals surface area contributed by atoms with Gasteiger partial charge in [0.2, 0.25) is 0 Å². The van der Waals surface area contributed by atoms with E-state index in [1.54, 1.807) is 6.20 Å². The second-order valence-electron chi connectivity index (χ2n) is 3.16. The zero-order valence-electron chi connectivity index (χ0n) is 8.25. The van der Waals surface area contributed by atoms with E-state index in [4.69, 9.17) is 0 Å². The van der Waals surface area contributed by atoms with Crippen molar-refractivity contribution in [2.24, 2.45) is 7.05 Å². The van der Waals surface area contributed by atoms with Crippen molar-refractivity contribution in [3.63, 3.8) is 0 Å². The molecule has 2 heterocycles. The van der Waals surface area contributed by atoms with Crippen LogP contribution in [0.5, 0.6) is 0 Å². The highest BCUT2D eigenvalue weighted by molar-refractivity contribution is 7.07. The van der Waals surface area contributed by atoms with Crippen molar-refractivity contribution in [1.82, 2.24) is 19.1 Å². The SMILES string of the molecule is Cn1ccnc1CCC(=O)c1cnns1. The largest absolute Gasteiger partial charge is 0.338 e. The van der Waals surface area contributed by atoms with Gasteiger partial charge in [-0.15, -0.1) is 5.10 Å². The van der Waals surface area contributed by atoms with E-state index in [-0.39, 0.29) is 5.78 Å². The lowest BCUT2D eigenvalue weighted by molar-refractivity contribution is 0.0985. The summed E-state index contributed by atoms with van der Waals surface area (Å²) in [7, 11) is 1.92. The number of hydrogen-bond donors (Lipinski definition) is 0. The lowest BCUT2D eigenvalue weighted by Crippen LogP contribution is -2.03. The fourth-order valence-corrected chi connectivity index (χ4v) is 1.76. The predicted octanol–water partition coefficient (Wildman–Crippen LogP) is 1.09. The van der Waals surface area contributed by atoms with Crippen molar-refractivity contribution in [2.45, 2.75) is 12.8 Å². The van der Waals surface area contributed by atoms with E-state index in [1.807, 2.05) is 17.8 Å². The van der Waals surface area contributed by atoms with Gasteiger partial charge in [-0.1, -0.05) is 4.49 Å². The number of aromatic nitrogens is 4. The van der Waals surface area contributed by atoms with Crippen LogP contribution in [0.3, 0.4) is 0 Å². The molecular formula is C9H10N4OS. The van der Waals surface area contributed by atoms with Crippen molar-refractivity contribution in [2.75, 3.05) is 0 Å². The molecule has 0 unspecified atom stereocenters. The Morgan fingerprint density at radius 1 is 1.60 bits per heavy atom. The van der Waals surface area contributed by atoms with Crippen LogP contribution in [0.25, 0.3) is 0 Å². The van der Waals surface area contributed by atoms with Gasteiger partial charge in [-0.3, -0.25) is 4.79 Å². The molecule has 2 rings (SSSR count). The molecule has 0 aliphatic heterocycles. The normalized spacial score (nSPS) is 10.5. The predicted molar refractivity (Wildman–Crippen MR) is 55.8 cm³/mol. The van der Waals surface area contributed by atoms with Gasteiger partial charge in [-0.05, 0) is 11.5 Å². The zero-order valence-corrected chi connectivity index (χ0v) is 9.07. The maximum absolute atomic E-state index is 11.6. The van der Waals surface area contributed by atoms with Gasteiger partial charge in [-0.2, -0.15) is 0 Å². The number of Topliss-reactive ketones (excluding diaryl/α,β-unsaturated/α-hetero) is 1. The first-order valence-electron chi connectivity index (χ1n) is 4.54. The van der Waals surface area contributed by atoms with Crippen LogP contribution in [-0.2, 0) is 13.5 Å². The first-order chi connectivity index (χ1) is 7.27. The molecule has 0 amide bonds. The summed E-state index contributed by atoms with van der Waals surface area (Å²) in [5, 5.41) is 3.63.